The number of morpholine rings is 1. The number of hydrogen-bond donors (Lipinski definition) is 3. The summed E-state index contributed by atoms with van der Waals surface area (Å²) >= 11 is 6.97. The van der Waals surface area contributed by atoms with Crippen LogP contribution in [-0.4, -0.2) is 56.6 Å². The smallest absolute Gasteiger partial charge is 0.261 e. The Morgan fingerprint density at radius 3 is 2.77 bits per heavy atom. The standard InChI is InChI=1S/C20H22ClFN4O4S/c1-2-23-15(10-24-20(29)16-5-6-17(21)31-16)19(28)25-14-4-3-12(9-13(14)22)26-7-8-30-11-18(26)27/h3-6,9,15,23H,2,7-8,10-11H2,1H3,(H,24,29)(H,25,28)/t15-/m0/s1. The van der Waals surface area contributed by atoms with Crippen LogP contribution in [0.2, 0.25) is 4.34 Å². The lowest BCUT2D eigenvalue weighted by Crippen LogP contribution is -2.48. The Morgan fingerprint density at radius 2 is 2.13 bits per heavy atom. The van der Waals surface area contributed by atoms with Crippen LogP contribution in [0.4, 0.5) is 15.8 Å². The highest BCUT2D eigenvalue weighted by molar-refractivity contribution is 7.18. The van der Waals surface area contributed by atoms with Crippen molar-refractivity contribution in [2.75, 3.05) is 43.1 Å². The molecule has 3 N–H and O–H groups in total. The van der Waals surface area contributed by atoms with Gasteiger partial charge in [0.05, 0.1) is 21.5 Å². The molecule has 0 bridgehead atoms. The molecule has 0 saturated carbocycles. The SMILES string of the molecule is CCN[C@@H](CNC(=O)c1ccc(Cl)s1)C(=O)Nc1ccc(N2CCOCC2=O)cc1F. The molecule has 1 atom stereocenters. The molecule has 2 aromatic rings. The van der Waals surface area contributed by atoms with Crippen LogP contribution in [0.3, 0.4) is 0 Å². The van der Waals surface area contributed by atoms with Crippen molar-refractivity contribution in [3.05, 3.63) is 45.4 Å². The number of nitrogens with zero attached hydrogens (tertiary/aromatic N) is 1. The Hall–Kier alpha value is -2.53. The third kappa shape index (κ3) is 6.01. The van der Waals surface area contributed by atoms with E-state index < -0.39 is 17.8 Å². The molecule has 1 aliphatic rings. The van der Waals surface area contributed by atoms with E-state index in [0.29, 0.717) is 34.6 Å². The molecular formula is C20H22ClFN4O4S. The van der Waals surface area contributed by atoms with Gasteiger partial charge in [0.2, 0.25) is 5.91 Å². The van der Waals surface area contributed by atoms with Crippen molar-refractivity contribution in [2.24, 2.45) is 0 Å². The number of benzene rings is 1. The van der Waals surface area contributed by atoms with E-state index >= 15 is 0 Å². The summed E-state index contributed by atoms with van der Waals surface area (Å²) in [4.78, 5) is 38.6. The van der Waals surface area contributed by atoms with Crippen molar-refractivity contribution in [1.82, 2.24) is 10.6 Å². The van der Waals surface area contributed by atoms with Gasteiger partial charge in [-0.15, -0.1) is 11.3 Å². The van der Waals surface area contributed by atoms with E-state index in [2.05, 4.69) is 16.0 Å². The third-order valence-corrected chi connectivity index (χ3v) is 5.77. The van der Waals surface area contributed by atoms with Gasteiger partial charge in [-0.1, -0.05) is 18.5 Å². The Balaban J connectivity index is 1.63. The molecule has 1 saturated heterocycles. The van der Waals surface area contributed by atoms with E-state index in [4.69, 9.17) is 16.3 Å². The molecular weight excluding hydrogens is 447 g/mol. The van der Waals surface area contributed by atoms with Crippen LogP contribution in [0.1, 0.15) is 16.6 Å². The molecule has 1 aromatic heterocycles. The van der Waals surface area contributed by atoms with Gasteiger partial charge in [0.1, 0.15) is 18.5 Å². The van der Waals surface area contributed by atoms with Crippen LogP contribution < -0.4 is 20.9 Å². The number of ether oxygens (including phenoxy) is 1. The molecule has 2 heterocycles. The number of carbonyl (C=O) groups excluding carboxylic acids is 3. The molecule has 1 fully saturated rings. The Bertz CT molecular complexity index is 970. The zero-order chi connectivity index (χ0) is 22.4. The van der Waals surface area contributed by atoms with Gasteiger partial charge in [0, 0.05) is 18.8 Å². The second-order valence-electron chi connectivity index (χ2n) is 6.68. The van der Waals surface area contributed by atoms with Crippen LogP contribution in [0.15, 0.2) is 30.3 Å². The highest BCUT2D eigenvalue weighted by atomic mass is 35.5. The van der Waals surface area contributed by atoms with Crippen LogP contribution in [0, 0.1) is 5.82 Å². The van der Waals surface area contributed by atoms with Crippen LogP contribution >= 0.6 is 22.9 Å². The molecule has 166 valence electrons. The van der Waals surface area contributed by atoms with E-state index in [1.54, 1.807) is 18.2 Å². The van der Waals surface area contributed by atoms with Crippen molar-refractivity contribution in [2.45, 2.75) is 13.0 Å². The van der Waals surface area contributed by atoms with Crippen LogP contribution in [-0.2, 0) is 14.3 Å². The largest absolute Gasteiger partial charge is 0.370 e. The van der Waals surface area contributed by atoms with Gasteiger partial charge in [0.25, 0.3) is 11.8 Å². The molecule has 11 heteroatoms. The first-order chi connectivity index (χ1) is 14.9. The summed E-state index contributed by atoms with van der Waals surface area (Å²) in [6.45, 7) is 2.96. The molecule has 1 aliphatic heterocycles. The van der Waals surface area contributed by atoms with Gasteiger partial charge >= 0.3 is 0 Å². The number of likely N-dealkylation sites (N-methyl/N-ethyl adjacent to an activating group) is 1. The first-order valence-electron chi connectivity index (χ1n) is 9.64. The van der Waals surface area contributed by atoms with Crippen molar-refractivity contribution < 1.29 is 23.5 Å². The molecule has 0 spiro atoms. The second-order valence-corrected chi connectivity index (χ2v) is 8.39. The molecule has 3 rings (SSSR count). The Morgan fingerprint density at radius 1 is 1.32 bits per heavy atom. The molecule has 8 nitrogen and oxygen atoms in total. The summed E-state index contributed by atoms with van der Waals surface area (Å²) in [6.07, 6.45) is 0. The maximum atomic E-state index is 14.6. The van der Waals surface area contributed by atoms with Gasteiger partial charge in [-0.05, 0) is 36.9 Å². The fourth-order valence-corrected chi connectivity index (χ4v) is 3.97. The Labute approximate surface area is 187 Å². The average molecular weight is 469 g/mol. The van der Waals surface area contributed by atoms with Crippen LogP contribution in [0.5, 0.6) is 0 Å². The fourth-order valence-electron chi connectivity index (χ4n) is 3.01. The quantitative estimate of drug-likeness (QED) is 0.552. The number of thiophene rings is 1. The molecule has 31 heavy (non-hydrogen) atoms. The zero-order valence-electron chi connectivity index (χ0n) is 16.7. The topological polar surface area (TPSA) is 99.8 Å². The first kappa shape index (κ1) is 23.1. The molecule has 0 unspecified atom stereocenters. The van der Waals surface area contributed by atoms with Gasteiger partial charge in [0.15, 0.2) is 0 Å². The van der Waals surface area contributed by atoms with Gasteiger partial charge in [-0.25, -0.2) is 4.39 Å². The van der Waals surface area contributed by atoms with Crippen molar-refractivity contribution in [1.29, 1.82) is 0 Å². The Kier molecular flexibility index (Phi) is 7.97. The summed E-state index contributed by atoms with van der Waals surface area (Å²) in [7, 11) is 0. The lowest BCUT2D eigenvalue weighted by Gasteiger charge is -2.27. The van der Waals surface area contributed by atoms with E-state index in [9.17, 15) is 18.8 Å². The number of halogens is 2. The minimum atomic E-state index is -0.774. The molecule has 0 radical (unpaired) electrons. The lowest BCUT2D eigenvalue weighted by molar-refractivity contribution is -0.125. The minimum absolute atomic E-state index is 0.00993. The normalized spacial score (nSPS) is 14.9. The summed E-state index contributed by atoms with van der Waals surface area (Å²) in [5.41, 5.74) is 0.377. The molecule has 3 amide bonds. The predicted octanol–water partition coefficient (Wildman–Crippen LogP) is 2.25. The number of carbonyl (C=O) groups is 3. The molecule has 0 aliphatic carbocycles. The van der Waals surface area contributed by atoms with E-state index in [0.717, 1.165) is 11.3 Å². The van der Waals surface area contributed by atoms with Gasteiger partial charge in [-0.2, -0.15) is 0 Å². The van der Waals surface area contributed by atoms with Crippen LogP contribution in [0.25, 0.3) is 0 Å². The number of rotatable bonds is 8. The predicted molar refractivity (Wildman–Crippen MR) is 117 cm³/mol. The summed E-state index contributed by atoms with van der Waals surface area (Å²) in [6, 6.07) is 6.60. The highest BCUT2D eigenvalue weighted by Gasteiger charge is 2.23. The van der Waals surface area contributed by atoms with Gasteiger partial charge < -0.3 is 25.6 Å². The number of nitrogens with one attached hydrogen (secondary N) is 3. The van der Waals surface area contributed by atoms with Gasteiger partial charge in [-0.3, -0.25) is 14.4 Å². The summed E-state index contributed by atoms with van der Waals surface area (Å²) < 4.78 is 20.2. The fraction of sp³-hybridized carbons (Fsp3) is 0.350. The summed E-state index contributed by atoms with van der Waals surface area (Å²) in [5.74, 6) is -1.77. The van der Waals surface area contributed by atoms with Crippen molar-refractivity contribution in [3.8, 4) is 0 Å². The maximum Gasteiger partial charge on any atom is 0.261 e. The molecule has 1 aromatic carbocycles. The number of hydrogen-bond acceptors (Lipinski definition) is 6. The van der Waals surface area contributed by atoms with E-state index in [1.165, 1.54) is 17.0 Å². The van der Waals surface area contributed by atoms with E-state index in [-0.39, 0.29) is 30.7 Å². The zero-order valence-corrected chi connectivity index (χ0v) is 18.3. The van der Waals surface area contributed by atoms with Crippen molar-refractivity contribution >= 4 is 52.0 Å². The summed E-state index contributed by atoms with van der Waals surface area (Å²) in [5, 5.41) is 8.17. The second kappa shape index (κ2) is 10.7. The highest BCUT2D eigenvalue weighted by Crippen LogP contribution is 2.24. The number of anilines is 2. The van der Waals surface area contributed by atoms with Crippen molar-refractivity contribution in [3.63, 3.8) is 0 Å². The monoisotopic (exact) mass is 468 g/mol. The lowest BCUT2D eigenvalue weighted by atomic mass is 10.2. The van der Waals surface area contributed by atoms with E-state index in [1.807, 2.05) is 6.92 Å². The number of amides is 3. The first-order valence-corrected chi connectivity index (χ1v) is 10.8. The third-order valence-electron chi connectivity index (χ3n) is 4.54. The average Bonchev–Trinajstić information content (AvgIpc) is 3.19. The minimum Gasteiger partial charge on any atom is -0.370 e. The maximum absolute atomic E-state index is 14.6.